The Bertz CT molecular complexity index is 1370. The Morgan fingerprint density at radius 1 is 1.04 bits per heavy atom. The van der Waals surface area contributed by atoms with Crippen LogP contribution in [0, 0.1) is 0 Å². The zero-order valence-electron chi connectivity index (χ0n) is 20.7. The molecule has 0 aliphatic rings. The standard InChI is InChI=1S/C25H25NO2/c1-18(27)9-6-7-16-26-17-23(21-13-4-5-15-24(21)26)25(28)22-14-8-11-19-10-2-3-12-20(19)22/h2-5,8,10-15,17-18,27H,6-7,9,16H2,1H3/i4D,5D,13D,15D,17D. The summed E-state index contributed by atoms with van der Waals surface area (Å²) in [7, 11) is 0. The van der Waals surface area contributed by atoms with Gasteiger partial charge in [-0.25, -0.2) is 0 Å². The highest BCUT2D eigenvalue weighted by molar-refractivity contribution is 6.21. The van der Waals surface area contributed by atoms with Gasteiger partial charge in [-0.1, -0.05) is 60.6 Å². The van der Waals surface area contributed by atoms with Crippen LogP contribution >= 0.6 is 0 Å². The number of fused-ring (bicyclic) bond motifs is 2. The number of aliphatic hydroxyl groups excluding tert-OH is 1. The van der Waals surface area contributed by atoms with E-state index in [0.717, 1.165) is 10.8 Å². The van der Waals surface area contributed by atoms with E-state index in [2.05, 4.69) is 0 Å². The van der Waals surface area contributed by atoms with Crippen molar-refractivity contribution in [3.05, 3.63) is 83.9 Å². The molecule has 0 spiro atoms. The predicted molar refractivity (Wildman–Crippen MR) is 115 cm³/mol. The van der Waals surface area contributed by atoms with Gasteiger partial charge in [0.2, 0.25) is 0 Å². The lowest BCUT2D eigenvalue weighted by Gasteiger charge is -2.06. The Labute approximate surface area is 172 Å². The van der Waals surface area contributed by atoms with Crippen molar-refractivity contribution in [2.75, 3.05) is 0 Å². The minimum Gasteiger partial charge on any atom is -0.393 e. The molecular formula is C25H25NO2. The Kier molecular flexibility index (Phi) is 3.80. The number of rotatable bonds is 7. The van der Waals surface area contributed by atoms with Crippen molar-refractivity contribution in [3.63, 3.8) is 0 Å². The van der Waals surface area contributed by atoms with E-state index in [0.29, 0.717) is 31.4 Å². The second-order valence-electron chi connectivity index (χ2n) is 7.06. The van der Waals surface area contributed by atoms with Crippen molar-refractivity contribution < 1.29 is 16.8 Å². The van der Waals surface area contributed by atoms with Gasteiger partial charge in [0, 0.05) is 34.7 Å². The van der Waals surface area contributed by atoms with Crippen LogP contribution in [0.5, 0.6) is 0 Å². The number of benzene rings is 3. The number of carbonyl (C=O) groups excluding carboxylic acids is 1. The van der Waals surface area contributed by atoms with E-state index in [1.807, 2.05) is 30.3 Å². The minimum absolute atomic E-state index is 0.0103. The third kappa shape index (κ3) is 3.58. The van der Waals surface area contributed by atoms with E-state index in [9.17, 15) is 9.90 Å². The van der Waals surface area contributed by atoms with Crippen LogP contribution in [0.1, 0.15) is 49.0 Å². The highest BCUT2D eigenvalue weighted by atomic mass is 16.3. The molecule has 0 bridgehead atoms. The molecule has 0 radical (unpaired) electrons. The summed E-state index contributed by atoms with van der Waals surface area (Å²) in [6.07, 6.45) is 1.32. The maximum absolute atomic E-state index is 13.8. The molecule has 4 aromatic rings. The molecule has 1 atom stereocenters. The Morgan fingerprint density at radius 3 is 2.68 bits per heavy atom. The number of para-hydroxylation sites is 1. The van der Waals surface area contributed by atoms with E-state index >= 15 is 0 Å². The Balaban J connectivity index is 1.94. The van der Waals surface area contributed by atoms with Crippen molar-refractivity contribution in [2.24, 2.45) is 0 Å². The van der Waals surface area contributed by atoms with Crippen molar-refractivity contribution in [3.8, 4) is 0 Å². The highest BCUT2D eigenvalue weighted by Crippen LogP contribution is 2.27. The van der Waals surface area contributed by atoms with Crippen LogP contribution in [0.2, 0.25) is 0 Å². The second-order valence-corrected chi connectivity index (χ2v) is 7.06. The van der Waals surface area contributed by atoms with E-state index in [-0.39, 0.29) is 40.8 Å². The lowest BCUT2D eigenvalue weighted by Crippen LogP contribution is -2.03. The van der Waals surface area contributed by atoms with Crippen LogP contribution in [0.4, 0.5) is 0 Å². The second kappa shape index (κ2) is 7.99. The van der Waals surface area contributed by atoms with Gasteiger partial charge >= 0.3 is 0 Å². The van der Waals surface area contributed by atoms with E-state index in [1.165, 1.54) is 4.57 Å². The largest absolute Gasteiger partial charge is 0.393 e. The number of unbranched alkanes of at least 4 members (excludes halogenated alkanes) is 1. The lowest BCUT2D eigenvalue weighted by molar-refractivity contribution is 0.104. The minimum atomic E-state index is -0.442. The summed E-state index contributed by atoms with van der Waals surface area (Å²) >= 11 is 0. The molecule has 1 heterocycles. The molecule has 3 aromatic carbocycles. The maximum Gasteiger partial charge on any atom is 0.195 e. The fourth-order valence-corrected chi connectivity index (χ4v) is 3.54. The summed E-state index contributed by atoms with van der Waals surface area (Å²) in [5, 5.41) is 11.2. The number of carbonyl (C=O) groups is 1. The van der Waals surface area contributed by atoms with Crippen LogP contribution in [0.15, 0.2) is 72.8 Å². The lowest BCUT2D eigenvalue weighted by atomic mass is 9.97. The van der Waals surface area contributed by atoms with Crippen LogP contribution in [-0.4, -0.2) is 21.6 Å². The van der Waals surface area contributed by atoms with Crippen LogP contribution in [-0.2, 0) is 6.54 Å². The molecule has 0 amide bonds. The molecule has 0 aliphatic heterocycles. The normalized spacial score (nSPS) is 15.0. The van der Waals surface area contributed by atoms with Gasteiger partial charge in [0.1, 0.15) is 0 Å². The van der Waals surface area contributed by atoms with Gasteiger partial charge in [0.25, 0.3) is 0 Å². The molecule has 1 unspecified atom stereocenters. The first-order chi connectivity index (χ1) is 15.7. The first-order valence-corrected chi connectivity index (χ1v) is 9.53. The average molecular weight is 377 g/mol. The quantitative estimate of drug-likeness (QED) is 0.338. The summed E-state index contributed by atoms with van der Waals surface area (Å²) in [4.78, 5) is 13.8. The molecule has 28 heavy (non-hydrogen) atoms. The van der Waals surface area contributed by atoms with Crippen molar-refractivity contribution in [2.45, 2.75) is 38.8 Å². The first-order valence-electron chi connectivity index (χ1n) is 12.0. The molecule has 0 aliphatic carbocycles. The number of hydrogen-bond donors (Lipinski definition) is 1. The molecule has 4 rings (SSSR count). The van der Waals surface area contributed by atoms with E-state index in [1.54, 1.807) is 19.1 Å². The van der Waals surface area contributed by atoms with Gasteiger partial charge in [0.15, 0.2) is 5.78 Å². The number of ketones is 1. The molecule has 1 N–H and O–H groups in total. The van der Waals surface area contributed by atoms with Crippen LogP contribution < -0.4 is 0 Å². The Hall–Kier alpha value is -2.91. The monoisotopic (exact) mass is 376 g/mol. The molecule has 1 aromatic heterocycles. The van der Waals surface area contributed by atoms with Gasteiger partial charge in [0.05, 0.1) is 13.0 Å². The van der Waals surface area contributed by atoms with Crippen molar-refractivity contribution in [1.82, 2.24) is 4.57 Å². The fourth-order valence-electron chi connectivity index (χ4n) is 3.54. The van der Waals surface area contributed by atoms with Crippen molar-refractivity contribution >= 4 is 27.5 Å². The topological polar surface area (TPSA) is 42.2 Å². The Morgan fingerprint density at radius 2 is 1.82 bits per heavy atom. The number of aryl methyl sites for hydroxylation is 1. The maximum atomic E-state index is 13.8. The number of nitrogens with zero attached hydrogens (tertiary/aromatic N) is 1. The zero-order valence-corrected chi connectivity index (χ0v) is 15.7. The third-order valence-electron chi connectivity index (χ3n) is 4.95. The number of aliphatic hydroxyl groups is 1. The smallest absolute Gasteiger partial charge is 0.195 e. The van der Waals surface area contributed by atoms with Crippen LogP contribution in [0.3, 0.4) is 0 Å². The van der Waals surface area contributed by atoms with Gasteiger partial charge in [-0.3, -0.25) is 4.79 Å². The van der Waals surface area contributed by atoms with Gasteiger partial charge in [-0.05, 0) is 43.0 Å². The van der Waals surface area contributed by atoms with Crippen LogP contribution in [0.25, 0.3) is 21.7 Å². The summed E-state index contributed by atoms with van der Waals surface area (Å²) < 4.78 is 43.5. The number of aromatic nitrogens is 1. The third-order valence-corrected chi connectivity index (χ3v) is 4.95. The predicted octanol–water partition coefficient (Wildman–Crippen LogP) is 5.58. The average Bonchev–Trinajstić information content (AvgIpc) is 3.10. The molecule has 0 fully saturated rings. The SMILES string of the molecule is [2H]c1c([2H])c([2H])c2c(c1[2H])c(C(=O)c1cccc3ccccc13)c([2H])n2CCCCC(C)O. The summed E-state index contributed by atoms with van der Waals surface area (Å²) in [6.45, 7) is 2.02. The summed E-state index contributed by atoms with van der Waals surface area (Å²) in [5.41, 5.74) is 0.553. The zero-order chi connectivity index (χ0) is 23.9. The molecule has 3 nitrogen and oxygen atoms in total. The molecule has 0 saturated carbocycles. The summed E-state index contributed by atoms with van der Waals surface area (Å²) in [6, 6.07) is 11.4. The highest BCUT2D eigenvalue weighted by Gasteiger charge is 2.18. The molecule has 142 valence electrons. The number of hydrogen-bond acceptors (Lipinski definition) is 2. The first kappa shape index (κ1) is 13.3. The van der Waals surface area contributed by atoms with E-state index in [4.69, 9.17) is 6.85 Å². The molecular weight excluding hydrogens is 346 g/mol. The van der Waals surface area contributed by atoms with Gasteiger partial charge < -0.3 is 9.67 Å². The summed E-state index contributed by atoms with van der Waals surface area (Å²) in [5.74, 6) is -0.436. The van der Waals surface area contributed by atoms with E-state index < -0.39 is 17.9 Å². The van der Waals surface area contributed by atoms with Crippen molar-refractivity contribution in [1.29, 1.82) is 0 Å². The molecule has 3 heteroatoms. The fraction of sp³-hybridized carbons (Fsp3) is 0.240. The molecule has 0 saturated heterocycles. The van der Waals surface area contributed by atoms with Gasteiger partial charge in [-0.2, -0.15) is 0 Å². The van der Waals surface area contributed by atoms with Gasteiger partial charge in [-0.15, -0.1) is 0 Å².